The minimum atomic E-state index is -1.17. The third-order valence-electron chi connectivity index (χ3n) is 7.37. The molecule has 1 aromatic carbocycles. The van der Waals surface area contributed by atoms with Crippen molar-refractivity contribution in [3.63, 3.8) is 0 Å². The highest BCUT2D eigenvalue weighted by molar-refractivity contribution is 5.97. The van der Waals surface area contributed by atoms with Crippen LogP contribution in [0, 0.1) is 12.8 Å². The molecule has 196 valence electrons. The Morgan fingerprint density at radius 2 is 1.81 bits per heavy atom. The van der Waals surface area contributed by atoms with Gasteiger partial charge in [-0.2, -0.15) is 0 Å². The summed E-state index contributed by atoms with van der Waals surface area (Å²) in [5, 5.41) is 15.2. The maximum Gasteiger partial charge on any atom is 0.323 e. The summed E-state index contributed by atoms with van der Waals surface area (Å²) in [4.78, 5) is 54.6. The van der Waals surface area contributed by atoms with Crippen LogP contribution in [0.1, 0.15) is 56.9 Å². The first-order valence-electron chi connectivity index (χ1n) is 12.9. The van der Waals surface area contributed by atoms with Gasteiger partial charge in [0.05, 0.1) is 6.42 Å². The molecule has 10 nitrogen and oxygen atoms in total. The number of ether oxygens (including phenoxy) is 1. The van der Waals surface area contributed by atoms with Crippen LogP contribution in [0.5, 0.6) is 0 Å². The Morgan fingerprint density at radius 1 is 1.06 bits per heavy atom. The number of amides is 4. The number of hydrogen-bond donors (Lipinski definition) is 3. The fraction of sp³-hybridized carbons (Fsp3) is 0.615. The van der Waals surface area contributed by atoms with Gasteiger partial charge in [-0.15, -0.1) is 0 Å². The molecule has 1 aromatic rings. The van der Waals surface area contributed by atoms with Gasteiger partial charge < -0.3 is 25.4 Å². The minimum Gasteiger partial charge on any atom is -0.481 e. The molecule has 4 amide bonds. The Labute approximate surface area is 211 Å². The summed E-state index contributed by atoms with van der Waals surface area (Å²) in [5.41, 5.74) is 1.57. The summed E-state index contributed by atoms with van der Waals surface area (Å²) in [6.45, 7) is 2.78. The maximum absolute atomic E-state index is 13.7. The van der Waals surface area contributed by atoms with Crippen molar-refractivity contribution in [3.8, 4) is 0 Å². The zero-order chi connectivity index (χ0) is 25.7. The van der Waals surface area contributed by atoms with Crippen molar-refractivity contribution in [1.29, 1.82) is 0 Å². The molecule has 1 aliphatic carbocycles. The Kier molecular flexibility index (Phi) is 8.45. The summed E-state index contributed by atoms with van der Waals surface area (Å²) < 4.78 is 5.57. The quantitative estimate of drug-likeness (QED) is 0.528. The van der Waals surface area contributed by atoms with E-state index in [1.54, 1.807) is 6.07 Å². The lowest BCUT2D eigenvalue weighted by Gasteiger charge is -2.34. The van der Waals surface area contributed by atoms with E-state index >= 15 is 0 Å². The van der Waals surface area contributed by atoms with Gasteiger partial charge in [-0.25, -0.2) is 4.79 Å². The minimum absolute atomic E-state index is 0.0529. The number of benzene rings is 1. The molecule has 3 unspecified atom stereocenters. The van der Waals surface area contributed by atoms with Gasteiger partial charge in [0.2, 0.25) is 0 Å². The van der Waals surface area contributed by atoms with Crippen molar-refractivity contribution < 1.29 is 29.0 Å². The highest BCUT2D eigenvalue weighted by Crippen LogP contribution is 2.29. The molecule has 3 atom stereocenters. The van der Waals surface area contributed by atoms with Gasteiger partial charge in [-0.05, 0) is 56.2 Å². The van der Waals surface area contributed by atoms with Crippen LogP contribution in [0.4, 0.5) is 10.5 Å². The summed E-state index contributed by atoms with van der Waals surface area (Å²) in [7, 11) is 0. The van der Waals surface area contributed by atoms with Crippen LogP contribution >= 0.6 is 0 Å². The van der Waals surface area contributed by atoms with Gasteiger partial charge in [0.15, 0.2) is 6.17 Å². The lowest BCUT2D eigenvalue weighted by molar-refractivity contribution is -0.148. The zero-order valence-corrected chi connectivity index (χ0v) is 20.8. The monoisotopic (exact) mass is 500 g/mol. The number of hydrogen-bond acceptors (Lipinski definition) is 5. The highest BCUT2D eigenvalue weighted by Gasteiger charge is 2.46. The van der Waals surface area contributed by atoms with Crippen LogP contribution in [0.25, 0.3) is 0 Å². The molecule has 3 aliphatic rings. The molecule has 36 heavy (non-hydrogen) atoms. The van der Waals surface area contributed by atoms with Gasteiger partial charge >= 0.3 is 12.0 Å². The molecule has 3 N–H and O–H groups in total. The Bertz CT molecular complexity index is 973. The van der Waals surface area contributed by atoms with Gasteiger partial charge in [0.1, 0.15) is 6.10 Å². The molecule has 0 bridgehead atoms. The fourth-order valence-corrected chi connectivity index (χ4v) is 5.55. The molecule has 4 rings (SSSR count). The summed E-state index contributed by atoms with van der Waals surface area (Å²) in [6, 6.07) is 6.28. The standard InChI is InChI=1S/C26H36N4O6/c1-17-7-5-10-19(15-17)27-26(35)30-13-12-29(25(34)21-11-6-14-36-21)24(30)23(33)28-20(16-22(31)32)18-8-3-2-4-9-18/h5,7,10,15,18,20-21,24H,2-4,6,8-9,11-14,16H2,1H3,(H,27,35)(H,28,33)(H,31,32). The number of nitrogens with zero attached hydrogens (tertiary/aromatic N) is 2. The number of carboxylic acids is 1. The van der Waals surface area contributed by atoms with Crippen molar-refractivity contribution >= 4 is 29.5 Å². The smallest absolute Gasteiger partial charge is 0.323 e. The lowest BCUT2D eigenvalue weighted by atomic mass is 9.82. The van der Waals surface area contributed by atoms with Crippen molar-refractivity contribution in [2.45, 2.75) is 76.6 Å². The Hall–Kier alpha value is -3.14. The van der Waals surface area contributed by atoms with E-state index in [2.05, 4.69) is 10.6 Å². The van der Waals surface area contributed by atoms with E-state index in [4.69, 9.17) is 4.74 Å². The number of carbonyl (C=O) groups excluding carboxylic acids is 3. The number of carboxylic acid groups (broad SMARTS) is 1. The number of carbonyl (C=O) groups is 4. The summed E-state index contributed by atoms with van der Waals surface area (Å²) in [5.74, 6) is -1.78. The number of aliphatic carboxylic acids is 1. The highest BCUT2D eigenvalue weighted by atomic mass is 16.5. The van der Waals surface area contributed by atoms with Crippen molar-refractivity contribution in [1.82, 2.24) is 15.1 Å². The second-order valence-corrected chi connectivity index (χ2v) is 10.0. The first-order valence-corrected chi connectivity index (χ1v) is 12.9. The molecule has 3 fully saturated rings. The molecule has 0 spiro atoms. The van der Waals surface area contributed by atoms with Crippen molar-refractivity contribution in [2.24, 2.45) is 5.92 Å². The first kappa shape index (κ1) is 25.9. The molecular weight excluding hydrogens is 464 g/mol. The number of aryl methyl sites for hydroxylation is 1. The Balaban J connectivity index is 1.55. The molecule has 0 radical (unpaired) electrons. The molecule has 2 aliphatic heterocycles. The van der Waals surface area contributed by atoms with Gasteiger partial charge in [-0.3, -0.25) is 19.3 Å². The number of urea groups is 1. The molecule has 0 aromatic heterocycles. The largest absolute Gasteiger partial charge is 0.481 e. The van der Waals surface area contributed by atoms with Crippen LogP contribution in [-0.4, -0.2) is 76.7 Å². The van der Waals surface area contributed by atoms with E-state index in [0.29, 0.717) is 18.7 Å². The first-order chi connectivity index (χ1) is 17.3. The zero-order valence-electron chi connectivity index (χ0n) is 20.8. The molecule has 10 heteroatoms. The normalized spacial score (nSPS) is 23.4. The lowest BCUT2D eigenvalue weighted by Crippen LogP contribution is -2.58. The topological polar surface area (TPSA) is 128 Å². The SMILES string of the molecule is Cc1cccc(NC(=O)N2CCN(C(=O)C3CCCO3)C2C(=O)NC(CC(=O)O)C2CCCCC2)c1. The second-order valence-electron chi connectivity index (χ2n) is 10.0. The van der Waals surface area contributed by atoms with Crippen LogP contribution in [0.2, 0.25) is 0 Å². The maximum atomic E-state index is 13.7. The van der Waals surface area contributed by atoms with Crippen LogP contribution < -0.4 is 10.6 Å². The number of rotatable bonds is 7. The van der Waals surface area contributed by atoms with Crippen LogP contribution in [0.15, 0.2) is 24.3 Å². The average molecular weight is 501 g/mol. The number of anilines is 1. The van der Waals surface area contributed by atoms with Crippen LogP contribution in [0.3, 0.4) is 0 Å². The average Bonchev–Trinajstić information content (AvgIpc) is 3.54. The third-order valence-corrected chi connectivity index (χ3v) is 7.37. The van der Waals surface area contributed by atoms with E-state index in [9.17, 15) is 24.3 Å². The van der Waals surface area contributed by atoms with Crippen molar-refractivity contribution in [2.75, 3.05) is 25.0 Å². The fourth-order valence-electron chi connectivity index (χ4n) is 5.55. The third kappa shape index (κ3) is 6.16. The van der Waals surface area contributed by atoms with E-state index in [0.717, 1.165) is 44.1 Å². The van der Waals surface area contributed by atoms with Gasteiger partial charge in [0, 0.05) is 31.4 Å². The van der Waals surface area contributed by atoms with E-state index in [1.165, 1.54) is 9.80 Å². The molecule has 2 heterocycles. The van der Waals surface area contributed by atoms with E-state index in [1.807, 2.05) is 25.1 Å². The molecule has 1 saturated carbocycles. The molecule has 2 saturated heterocycles. The molecular formula is C26H36N4O6. The summed E-state index contributed by atoms with van der Waals surface area (Å²) >= 11 is 0. The summed E-state index contributed by atoms with van der Waals surface area (Å²) in [6.07, 6.45) is 4.12. The predicted molar refractivity (Wildman–Crippen MR) is 132 cm³/mol. The predicted octanol–water partition coefficient (Wildman–Crippen LogP) is 2.72. The van der Waals surface area contributed by atoms with E-state index in [-0.39, 0.29) is 31.3 Å². The van der Waals surface area contributed by atoms with Gasteiger partial charge in [-0.1, -0.05) is 31.4 Å². The van der Waals surface area contributed by atoms with Crippen molar-refractivity contribution in [3.05, 3.63) is 29.8 Å². The second kappa shape index (κ2) is 11.7. The number of nitrogens with one attached hydrogen (secondary N) is 2. The van der Waals surface area contributed by atoms with Crippen LogP contribution in [-0.2, 0) is 19.1 Å². The Morgan fingerprint density at radius 3 is 2.47 bits per heavy atom. The van der Waals surface area contributed by atoms with E-state index < -0.39 is 36.2 Å². The van der Waals surface area contributed by atoms with Gasteiger partial charge in [0.25, 0.3) is 11.8 Å².